The molecule has 1 N–H and O–H groups in total. The first-order chi connectivity index (χ1) is 10.1. The monoisotopic (exact) mass is 307 g/mol. The van der Waals surface area contributed by atoms with Crippen LogP contribution in [0.3, 0.4) is 0 Å². The number of halogens is 1. The first-order valence-corrected chi connectivity index (χ1v) is 7.42. The van der Waals surface area contributed by atoms with Crippen LogP contribution in [0.2, 0.25) is 5.02 Å². The molecule has 0 aliphatic rings. The van der Waals surface area contributed by atoms with Crippen molar-refractivity contribution in [3.63, 3.8) is 0 Å². The van der Waals surface area contributed by atoms with Crippen LogP contribution in [0.15, 0.2) is 30.6 Å². The van der Waals surface area contributed by atoms with Crippen molar-refractivity contribution in [1.82, 2.24) is 25.0 Å². The Labute approximate surface area is 130 Å². The highest BCUT2D eigenvalue weighted by Gasteiger charge is 2.19. The predicted octanol–water partition coefficient (Wildman–Crippen LogP) is 2.00. The second kappa shape index (κ2) is 7.54. The van der Waals surface area contributed by atoms with Gasteiger partial charge in [-0.2, -0.15) is 5.10 Å². The second-order valence-corrected chi connectivity index (χ2v) is 5.68. The average Bonchev–Trinajstić information content (AvgIpc) is 2.85. The number of hydrogen-bond donors (Lipinski definition) is 1. The van der Waals surface area contributed by atoms with E-state index in [9.17, 15) is 0 Å². The van der Waals surface area contributed by atoms with Crippen molar-refractivity contribution in [3.05, 3.63) is 47.0 Å². The van der Waals surface area contributed by atoms with E-state index < -0.39 is 0 Å². The number of nitrogens with zero attached hydrogens (tertiary/aromatic N) is 4. The van der Waals surface area contributed by atoms with Crippen molar-refractivity contribution >= 4 is 11.6 Å². The highest BCUT2D eigenvalue weighted by Crippen LogP contribution is 2.25. The molecule has 0 aliphatic heterocycles. The van der Waals surface area contributed by atoms with Gasteiger partial charge in [0.2, 0.25) is 0 Å². The third-order valence-electron chi connectivity index (χ3n) is 3.41. The van der Waals surface area contributed by atoms with E-state index in [1.54, 1.807) is 6.20 Å². The molecule has 6 heteroatoms. The molecular weight excluding hydrogens is 286 g/mol. The molecule has 0 fully saturated rings. The smallest absolute Gasteiger partial charge is 0.0834 e. The lowest BCUT2D eigenvalue weighted by Crippen LogP contribution is -2.26. The Kier molecular flexibility index (Phi) is 5.73. The maximum absolute atomic E-state index is 6.34. The van der Waals surface area contributed by atoms with Crippen molar-refractivity contribution < 1.29 is 0 Å². The van der Waals surface area contributed by atoms with E-state index in [0.717, 1.165) is 30.9 Å². The molecule has 5 nitrogen and oxygen atoms in total. The van der Waals surface area contributed by atoms with Crippen LogP contribution in [-0.4, -0.2) is 47.4 Å². The van der Waals surface area contributed by atoms with Crippen molar-refractivity contribution in [2.75, 3.05) is 27.7 Å². The third kappa shape index (κ3) is 4.27. The molecule has 2 aromatic rings. The van der Waals surface area contributed by atoms with Gasteiger partial charge in [0.1, 0.15) is 0 Å². The number of nitrogens with one attached hydrogen (secondary N) is 1. The Balaban J connectivity index is 2.19. The van der Waals surface area contributed by atoms with Gasteiger partial charge < -0.3 is 10.2 Å². The Morgan fingerprint density at radius 2 is 2.19 bits per heavy atom. The molecule has 1 unspecified atom stereocenters. The molecule has 2 aromatic heterocycles. The molecule has 0 aliphatic carbocycles. The van der Waals surface area contributed by atoms with Crippen LogP contribution < -0.4 is 5.32 Å². The Morgan fingerprint density at radius 1 is 1.38 bits per heavy atom. The summed E-state index contributed by atoms with van der Waals surface area (Å²) in [6.07, 6.45) is 4.31. The Bertz CT molecular complexity index is 552. The SMILES string of the molecule is CNC(Cc1ccccn1)c1c(Cl)cnn1CCN(C)C. The molecule has 0 saturated carbocycles. The van der Waals surface area contributed by atoms with Crippen molar-refractivity contribution in [2.24, 2.45) is 0 Å². The molecule has 0 spiro atoms. The number of likely N-dealkylation sites (N-methyl/N-ethyl adjacent to an activating group) is 2. The topological polar surface area (TPSA) is 46.0 Å². The fourth-order valence-electron chi connectivity index (χ4n) is 2.25. The summed E-state index contributed by atoms with van der Waals surface area (Å²) >= 11 is 6.34. The number of rotatable bonds is 7. The van der Waals surface area contributed by atoms with Gasteiger partial charge in [-0.3, -0.25) is 9.67 Å². The van der Waals surface area contributed by atoms with Gasteiger partial charge in [0.15, 0.2) is 0 Å². The van der Waals surface area contributed by atoms with Gasteiger partial charge in [-0.1, -0.05) is 17.7 Å². The number of aromatic nitrogens is 3. The average molecular weight is 308 g/mol. The van der Waals surface area contributed by atoms with Gasteiger partial charge >= 0.3 is 0 Å². The van der Waals surface area contributed by atoms with E-state index in [-0.39, 0.29) is 6.04 Å². The van der Waals surface area contributed by atoms with E-state index in [1.807, 2.05) is 50.2 Å². The minimum atomic E-state index is 0.0945. The van der Waals surface area contributed by atoms with Crippen molar-refractivity contribution in [1.29, 1.82) is 0 Å². The fourth-order valence-corrected chi connectivity index (χ4v) is 2.53. The van der Waals surface area contributed by atoms with Gasteiger partial charge in [0.05, 0.1) is 29.5 Å². The summed E-state index contributed by atoms with van der Waals surface area (Å²) in [5.74, 6) is 0. The molecular formula is C15H22ClN5. The molecule has 2 rings (SSSR count). The lowest BCUT2D eigenvalue weighted by molar-refractivity contribution is 0.363. The van der Waals surface area contributed by atoms with Crippen LogP contribution >= 0.6 is 11.6 Å². The van der Waals surface area contributed by atoms with Crippen molar-refractivity contribution in [3.8, 4) is 0 Å². The van der Waals surface area contributed by atoms with Gasteiger partial charge in [0, 0.05) is 24.9 Å². The summed E-state index contributed by atoms with van der Waals surface area (Å²) in [5, 5.41) is 8.42. The summed E-state index contributed by atoms with van der Waals surface area (Å²) in [7, 11) is 6.04. The van der Waals surface area contributed by atoms with Gasteiger partial charge in [0.25, 0.3) is 0 Å². The normalized spacial score (nSPS) is 12.8. The molecule has 0 aromatic carbocycles. The lowest BCUT2D eigenvalue weighted by atomic mass is 10.1. The maximum Gasteiger partial charge on any atom is 0.0834 e. The summed E-state index contributed by atoms with van der Waals surface area (Å²) in [4.78, 5) is 6.52. The minimum Gasteiger partial charge on any atom is -0.311 e. The molecule has 1 atom stereocenters. The third-order valence-corrected chi connectivity index (χ3v) is 3.70. The fraction of sp³-hybridized carbons (Fsp3) is 0.467. The zero-order valence-electron chi connectivity index (χ0n) is 12.8. The van der Waals surface area contributed by atoms with Crippen LogP contribution in [0.5, 0.6) is 0 Å². The Morgan fingerprint density at radius 3 is 2.81 bits per heavy atom. The summed E-state index contributed by atoms with van der Waals surface area (Å²) < 4.78 is 1.98. The predicted molar refractivity (Wildman–Crippen MR) is 85.5 cm³/mol. The lowest BCUT2D eigenvalue weighted by Gasteiger charge is -2.19. The molecule has 21 heavy (non-hydrogen) atoms. The van der Waals surface area contributed by atoms with Crippen LogP contribution in [-0.2, 0) is 13.0 Å². The van der Waals surface area contributed by atoms with Crippen LogP contribution in [0.25, 0.3) is 0 Å². The first-order valence-electron chi connectivity index (χ1n) is 7.05. The van der Waals surface area contributed by atoms with Gasteiger partial charge in [-0.15, -0.1) is 0 Å². The molecule has 0 saturated heterocycles. The summed E-state index contributed by atoms with van der Waals surface area (Å²) in [6.45, 7) is 1.74. The molecule has 2 heterocycles. The van der Waals surface area contributed by atoms with Crippen LogP contribution in [0, 0.1) is 0 Å². The van der Waals surface area contributed by atoms with E-state index in [1.165, 1.54) is 0 Å². The molecule has 0 bridgehead atoms. The zero-order valence-corrected chi connectivity index (χ0v) is 13.5. The van der Waals surface area contributed by atoms with E-state index in [2.05, 4.69) is 20.3 Å². The summed E-state index contributed by atoms with van der Waals surface area (Å²) in [5.41, 5.74) is 2.06. The largest absolute Gasteiger partial charge is 0.311 e. The van der Waals surface area contributed by atoms with Gasteiger partial charge in [-0.25, -0.2) is 0 Å². The minimum absolute atomic E-state index is 0.0945. The van der Waals surface area contributed by atoms with Gasteiger partial charge in [-0.05, 0) is 33.3 Å². The van der Waals surface area contributed by atoms with E-state index >= 15 is 0 Å². The standard InChI is InChI=1S/C15H22ClN5/c1-17-14(10-12-6-4-5-7-18-12)15-13(16)11-19-21(15)9-8-20(2)3/h4-7,11,14,17H,8-10H2,1-3H3. The quantitative estimate of drug-likeness (QED) is 0.850. The van der Waals surface area contributed by atoms with E-state index in [0.29, 0.717) is 5.02 Å². The highest BCUT2D eigenvalue weighted by molar-refractivity contribution is 6.31. The van der Waals surface area contributed by atoms with Crippen LogP contribution in [0.1, 0.15) is 17.4 Å². The first kappa shape index (κ1) is 15.9. The molecule has 114 valence electrons. The number of pyridine rings is 1. The summed E-state index contributed by atoms with van der Waals surface area (Å²) in [6, 6.07) is 6.04. The zero-order chi connectivity index (χ0) is 15.2. The van der Waals surface area contributed by atoms with E-state index in [4.69, 9.17) is 11.6 Å². The maximum atomic E-state index is 6.34. The number of hydrogen-bond acceptors (Lipinski definition) is 4. The second-order valence-electron chi connectivity index (χ2n) is 5.27. The molecule has 0 radical (unpaired) electrons. The van der Waals surface area contributed by atoms with Crippen molar-refractivity contribution in [2.45, 2.75) is 19.0 Å². The van der Waals surface area contributed by atoms with Crippen LogP contribution in [0.4, 0.5) is 0 Å². The molecule has 0 amide bonds. The highest BCUT2D eigenvalue weighted by atomic mass is 35.5. The Hall–Kier alpha value is -1.43.